The summed E-state index contributed by atoms with van der Waals surface area (Å²) in [7, 11) is 1.59. The van der Waals surface area contributed by atoms with Gasteiger partial charge in [-0.15, -0.1) is 0 Å². The number of methoxy groups -OCH3 is 1. The lowest BCUT2D eigenvalue weighted by Crippen LogP contribution is -2.27. The van der Waals surface area contributed by atoms with E-state index in [4.69, 9.17) is 16.3 Å². The molecule has 1 aromatic heterocycles. The standard InChI is InChI=1S/C16H18ClN3O2/c1-11-7-13(17)3-4-15(11)20-14-8-12(9-18-10-14)16(21)19-5-6-22-2/h3-4,7-10,20H,5-6H2,1-2H3,(H,19,21). The van der Waals surface area contributed by atoms with Crippen LogP contribution in [0.2, 0.25) is 5.02 Å². The number of hydrogen-bond acceptors (Lipinski definition) is 4. The summed E-state index contributed by atoms with van der Waals surface area (Å²) in [6.45, 7) is 2.90. The summed E-state index contributed by atoms with van der Waals surface area (Å²) in [4.78, 5) is 16.1. The van der Waals surface area contributed by atoms with E-state index in [9.17, 15) is 4.79 Å². The lowest BCUT2D eigenvalue weighted by molar-refractivity contribution is 0.0937. The molecule has 0 saturated heterocycles. The molecule has 0 aliphatic heterocycles. The Kier molecular flexibility index (Phi) is 5.75. The number of carbonyl (C=O) groups excluding carboxylic acids is 1. The minimum Gasteiger partial charge on any atom is -0.383 e. The molecule has 0 aliphatic rings. The number of aromatic nitrogens is 1. The van der Waals surface area contributed by atoms with E-state index in [1.165, 1.54) is 6.20 Å². The van der Waals surface area contributed by atoms with Gasteiger partial charge in [-0.05, 0) is 36.8 Å². The highest BCUT2D eigenvalue weighted by molar-refractivity contribution is 6.30. The molecule has 2 rings (SSSR count). The number of ether oxygens (including phenoxy) is 1. The zero-order valence-electron chi connectivity index (χ0n) is 12.5. The molecule has 6 heteroatoms. The molecule has 5 nitrogen and oxygen atoms in total. The van der Waals surface area contributed by atoms with Gasteiger partial charge in [-0.3, -0.25) is 9.78 Å². The first-order valence-electron chi connectivity index (χ1n) is 6.85. The highest BCUT2D eigenvalue weighted by atomic mass is 35.5. The molecule has 2 aromatic rings. The molecule has 0 unspecified atom stereocenters. The van der Waals surface area contributed by atoms with Crippen LogP contribution in [0.25, 0.3) is 0 Å². The second-order valence-corrected chi connectivity index (χ2v) is 5.23. The van der Waals surface area contributed by atoms with Gasteiger partial charge in [-0.1, -0.05) is 11.6 Å². The van der Waals surface area contributed by atoms with Crippen molar-refractivity contribution in [2.75, 3.05) is 25.6 Å². The number of hydrogen-bond donors (Lipinski definition) is 2. The van der Waals surface area contributed by atoms with E-state index in [-0.39, 0.29) is 5.91 Å². The fourth-order valence-electron chi connectivity index (χ4n) is 1.92. The summed E-state index contributed by atoms with van der Waals surface area (Å²) < 4.78 is 4.90. The number of anilines is 2. The molecule has 1 aromatic carbocycles. The maximum atomic E-state index is 12.0. The lowest BCUT2D eigenvalue weighted by atomic mass is 10.2. The second-order valence-electron chi connectivity index (χ2n) is 4.80. The summed E-state index contributed by atoms with van der Waals surface area (Å²) in [5.74, 6) is -0.180. The van der Waals surface area contributed by atoms with Crippen LogP contribution in [0.3, 0.4) is 0 Å². The molecule has 0 saturated carbocycles. The average molecular weight is 320 g/mol. The van der Waals surface area contributed by atoms with Crippen LogP contribution in [0.1, 0.15) is 15.9 Å². The first kappa shape index (κ1) is 16.3. The van der Waals surface area contributed by atoms with E-state index >= 15 is 0 Å². The van der Waals surface area contributed by atoms with Crippen molar-refractivity contribution in [2.24, 2.45) is 0 Å². The topological polar surface area (TPSA) is 63.2 Å². The van der Waals surface area contributed by atoms with Crippen LogP contribution in [0, 0.1) is 6.92 Å². The molecule has 0 bridgehead atoms. The van der Waals surface area contributed by atoms with Gasteiger partial charge < -0.3 is 15.4 Å². The summed E-state index contributed by atoms with van der Waals surface area (Å²) in [6.07, 6.45) is 3.20. The van der Waals surface area contributed by atoms with E-state index in [2.05, 4.69) is 15.6 Å². The molecule has 0 aliphatic carbocycles. The predicted octanol–water partition coefficient (Wildman–Crippen LogP) is 3.16. The molecular formula is C16H18ClN3O2. The Morgan fingerprint density at radius 3 is 2.86 bits per heavy atom. The van der Waals surface area contributed by atoms with E-state index in [0.717, 1.165) is 16.9 Å². The van der Waals surface area contributed by atoms with E-state index in [1.807, 2.05) is 25.1 Å². The maximum Gasteiger partial charge on any atom is 0.253 e. The van der Waals surface area contributed by atoms with Crippen molar-refractivity contribution >= 4 is 28.9 Å². The molecule has 2 N–H and O–H groups in total. The summed E-state index contributed by atoms with van der Waals surface area (Å²) >= 11 is 5.94. The van der Waals surface area contributed by atoms with Crippen LogP contribution in [-0.4, -0.2) is 31.2 Å². The van der Waals surface area contributed by atoms with Crippen LogP contribution in [0.4, 0.5) is 11.4 Å². The number of carbonyl (C=O) groups is 1. The molecule has 22 heavy (non-hydrogen) atoms. The molecular weight excluding hydrogens is 302 g/mol. The van der Waals surface area contributed by atoms with Crippen molar-refractivity contribution in [3.63, 3.8) is 0 Å². The van der Waals surface area contributed by atoms with Gasteiger partial charge in [0.25, 0.3) is 5.91 Å². The average Bonchev–Trinajstić information content (AvgIpc) is 2.50. The van der Waals surface area contributed by atoms with E-state index < -0.39 is 0 Å². The molecule has 0 atom stereocenters. The lowest BCUT2D eigenvalue weighted by Gasteiger charge is -2.11. The minimum atomic E-state index is -0.180. The van der Waals surface area contributed by atoms with Crippen LogP contribution in [-0.2, 0) is 4.74 Å². The Bertz CT molecular complexity index is 662. The van der Waals surface area contributed by atoms with Crippen LogP contribution < -0.4 is 10.6 Å². The van der Waals surface area contributed by atoms with Gasteiger partial charge in [-0.25, -0.2) is 0 Å². The van der Waals surface area contributed by atoms with Gasteiger partial charge in [0, 0.05) is 30.6 Å². The molecule has 116 valence electrons. The third-order valence-electron chi connectivity index (χ3n) is 3.06. The number of amides is 1. The van der Waals surface area contributed by atoms with Gasteiger partial charge in [0.15, 0.2) is 0 Å². The van der Waals surface area contributed by atoms with Gasteiger partial charge in [0.05, 0.1) is 24.1 Å². The predicted molar refractivity (Wildman–Crippen MR) is 87.9 cm³/mol. The van der Waals surface area contributed by atoms with Gasteiger partial charge in [0.2, 0.25) is 0 Å². The number of halogens is 1. The fourth-order valence-corrected chi connectivity index (χ4v) is 2.15. The highest BCUT2D eigenvalue weighted by Crippen LogP contribution is 2.23. The molecule has 0 radical (unpaired) electrons. The van der Waals surface area contributed by atoms with Gasteiger partial charge >= 0.3 is 0 Å². The Morgan fingerprint density at radius 2 is 2.14 bits per heavy atom. The number of aryl methyl sites for hydroxylation is 1. The van der Waals surface area contributed by atoms with Crippen LogP contribution >= 0.6 is 11.6 Å². The highest BCUT2D eigenvalue weighted by Gasteiger charge is 2.07. The van der Waals surface area contributed by atoms with Crippen molar-refractivity contribution in [1.29, 1.82) is 0 Å². The first-order valence-corrected chi connectivity index (χ1v) is 7.23. The largest absolute Gasteiger partial charge is 0.383 e. The van der Waals surface area contributed by atoms with Crippen LogP contribution in [0.5, 0.6) is 0 Å². The number of nitrogens with one attached hydrogen (secondary N) is 2. The third-order valence-corrected chi connectivity index (χ3v) is 3.29. The summed E-state index contributed by atoms with van der Waals surface area (Å²) in [5.41, 5.74) is 3.17. The first-order chi connectivity index (χ1) is 10.6. The molecule has 1 amide bonds. The van der Waals surface area contributed by atoms with Gasteiger partial charge in [-0.2, -0.15) is 0 Å². The Labute approximate surface area is 134 Å². The minimum absolute atomic E-state index is 0.180. The van der Waals surface area contributed by atoms with Crippen molar-refractivity contribution in [1.82, 2.24) is 10.3 Å². The van der Waals surface area contributed by atoms with Crippen molar-refractivity contribution in [3.8, 4) is 0 Å². The molecule has 0 fully saturated rings. The van der Waals surface area contributed by atoms with E-state index in [1.54, 1.807) is 19.4 Å². The molecule has 1 heterocycles. The smallest absolute Gasteiger partial charge is 0.253 e. The molecule has 0 spiro atoms. The van der Waals surface area contributed by atoms with Crippen molar-refractivity contribution in [3.05, 3.63) is 52.8 Å². The second kappa shape index (κ2) is 7.77. The maximum absolute atomic E-state index is 12.0. The number of pyridine rings is 1. The quantitative estimate of drug-likeness (QED) is 0.803. The summed E-state index contributed by atoms with van der Waals surface area (Å²) in [6, 6.07) is 7.33. The number of nitrogens with zero attached hydrogens (tertiary/aromatic N) is 1. The Hall–Kier alpha value is -2.11. The zero-order chi connectivity index (χ0) is 15.9. The van der Waals surface area contributed by atoms with E-state index in [0.29, 0.717) is 23.7 Å². The Balaban J connectivity index is 2.09. The zero-order valence-corrected chi connectivity index (χ0v) is 13.3. The number of rotatable bonds is 6. The Morgan fingerprint density at radius 1 is 1.32 bits per heavy atom. The normalized spacial score (nSPS) is 10.3. The fraction of sp³-hybridized carbons (Fsp3) is 0.250. The summed E-state index contributed by atoms with van der Waals surface area (Å²) in [5, 5.41) is 6.68. The van der Waals surface area contributed by atoms with Crippen molar-refractivity contribution in [2.45, 2.75) is 6.92 Å². The number of benzene rings is 1. The van der Waals surface area contributed by atoms with Gasteiger partial charge in [0.1, 0.15) is 0 Å². The third kappa shape index (κ3) is 4.44. The van der Waals surface area contributed by atoms with Crippen molar-refractivity contribution < 1.29 is 9.53 Å². The monoisotopic (exact) mass is 319 g/mol. The van der Waals surface area contributed by atoms with Crippen LogP contribution in [0.15, 0.2) is 36.7 Å². The SMILES string of the molecule is COCCNC(=O)c1cncc(Nc2ccc(Cl)cc2C)c1.